The molecule has 0 unspecified atom stereocenters. The van der Waals surface area contributed by atoms with Crippen molar-refractivity contribution in [1.29, 1.82) is 0 Å². The number of benzene rings is 2. The van der Waals surface area contributed by atoms with E-state index >= 15 is 0 Å². The fourth-order valence-corrected chi connectivity index (χ4v) is 4.02. The maximum Gasteiger partial charge on any atom is 0.243 e. The van der Waals surface area contributed by atoms with Gasteiger partial charge < -0.3 is 5.11 Å². The smallest absolute Gasteiger partial charge is 0.243 e. The molecule has 4 nitrogen and oxygen atoms in total. The molecule has 1 aliphatic rings. The molecule has 5 heteroatoms. The number of nitrogens with zero attached hydrogens (tertiary/aromatic N) is 1. The fraction of sp³-hybridized carbons (Fsp3) is 0.250. The highest BCUT2D eigenvalue weighted by Crippen LogP contribution is 2.24. The van der Waals surface area contributed by atoms with E-state index in [9.17, 15) is 13.5 Å². The minimum Gasteiger partial charge on any atom is -0.392 e. The lowest BCUT2D eigenvalue weighted by Gasteiger charge is -2.16. The van der Waals surface area contributed by atoms with Gasteiger partial charge in [0.1, 0.15) is 0 Å². The van der Waals surface area contributed by atoms with Gasteiger partial charge in [0.2, 0.25) is 10.0 Å². The molecule has 0 amide bonds. The van der Waals surface area contributed by atoms with Crippen LogP contribution in [-0.2, 0) is 10.0 Å². The standard InChI is InChI=1S/C16H17NO3S/c18-15-10-11-17(12-15)21(19,20)16-8-6-14(7-9-16)13-4-2-1-3-5-13/h1-9,15,18H,10-12H2/t15-/m0/s1. The molecule has 0 spiro atoms. The Bertz CT molecular complexity index is 711. The summed E-state index contributed by atoms with van der Waals surface area (Å²) in [6.07, 6.45) is -0.0511. The molecule has 0 saturated carbocycles. The molecule has 0 bridgehead atoms. The molecule has 3 rings (SSSR count). The highest BCUT2D eigenvalue weighted by atomic mass is 32.2. The summed E-state index contributed by atoms with van der Waals surface area (Å²) in [5.74, 6) is 0. The van der Waals surface area contributed by atoms with E-state index in [-0.39, 0.29) is 11.4 Å². The minimum atomic E-state index is -3.50. The Kier molecular flexibility index (Phi) is 3.80. The Labute approximate surface area is 124 Å². The molecular weight excluding hydrogens is 286 g/mol. The summed E-state index contributed by atoms with van der Waals surface area (Å²) < 4.78 is 26.2. The van der Waals surface area contributed by atoms with Crippen LogP contribution in [0.15, 0.2) is 59.5 Å². The van der Waals surface area contributed by atoms with Crippen molar-refractivity contribution < 1.29 is 13.5 Å². The van der Waals surface area contributed by atoms with Crippen LogP contribution in [0, 0.1) is 0 Å². The van der Waals surface area contributed by atoms with E-state index in [0.29, 0.717) is 13.0 Å². The molecule has 0 radical (unpaired) electrons. The van der Waals surface area contributed by atoms with Crippen LogP contribution in [0.3, 0.4) is 0 Å². The average molecular weight is 303 g/mol. The zero-order chi connectivity index (χ0) is 14.9. The first-order valence-corrected chi connectivity index (χ1v) is 8.35. The second-order valence-electron chi connectivity index (χ2n) is 5.20. The Morgan fingerprint density at radius 2 is 1.57 bits per heavy atom. The van der Waals surface area contributed by atoms with Crippen molar-refractivity contribution in [2.24, 2.45) is 0 Å². The molecule has 0 aromatic heterocycles. The molecule has 2 aromatic carbocycles. The van der Waals surface area contributed by atoms with Gasteiger partial charge in [-0.2, -0.15) is 4.31 Å². The van der Waals surface area contributed by atoms with Crippen LogP contribution >= 0.6 is 0 Å². The Balaban J connectivity index is 1.87. The highest BCUT2D eigenvalue weighted by Gasteiger charge is 2.31. The lowest BCUT2D eigenvalue weighted by Crippen LogP contribution is -2.29. The molecule has 1 atom stereocenters. The van der Waals surface area contributed by atoms with E-state index in [1.807, 2.05) is 42.5 Å². The van der Waals surface area contributed by atoms with Gasteiger partial charge in [-0.25, -0.2) is 8.42 Å². The number of β-amino-alcohol motifs (C(OH)–C–C–N with tert-alkyl or cyclic N) is 1. The summed E-state index contributed by atoms with van der Waals surface area (Å²) in [5.41, 5.74) is 2.04. The Hall–Kier alpha value is -1.69. The van der Waals surface area contributed by atoms with Gasteiger partial charge in [-0.1, -0.05) is 42.5 Å². The molecular formula is C16H17NO3S. The van der Waals surface area contributed by atoms with Gasteiger partial charge in [0, 0.05) is 13.1 Å². The monoisotopic (exact) mass is 303 g/mol. The molecule has 21 heavy (non-hydrogen) atoms. The predicted molar refractivity (Wildman–Crippen MR) is 81.3 cm³/mol. The van der Waals surface area contributed by atoms with Crippen LogP contribution in [0.25, 0.3) is 11.1 Å². The topological polar surface area (TPSA) is 57.6 Å². The number of hydrogen-bond acceptors (Lipinski definition) is 3. The van der Waals surface area contributed by atoms with Crippen LogP contribution < -0.4 is 0 Å². The van der Waals surface area contributed by atoms with Crippen molar-refractivity contribution in [2.45, 2.75) is 17.4 Å². The summed E-state index contributed by atoms with van der Waals surface area (Å²) in [5, 5.41) is 9.50. The molecule has 2 aromatic rings. The van der Waals surface area contributed by atoms with Crippen molar-refractivity contribution in [3.05, 3.63) is 54.6 Å². The second-order valence-corrected chi connectivity index (χ2v) is 7.13. The minimum absolute atomic E-state index is 0.183. The third kappa shape index (κ3) is 2.85. The lowest BCUT2D eigenvalue weighted by atomic mass is 10.1. The molecule has 1 saturated heterocycles. The van der Waals surface area contributed by atoms with Crippen LogP contribution in [-0.4, -0.2) is 37.0 Å². The SMILES string of the molecule is O=S(=O)(c1ccc(-c2ccccc2)cc1)N1CC[C@H](O)C1. The normalized spacial score (nSPS) is 19.8. The number of aliphatic hydroxyl groups excluding tert-OH is 1. The van der Waals surface area contributed by atoms with Crippen molar-refractivity contribution in [2.75, 3.05) is 13.1 Å². The highest BCUT2D eigenvalue weighted by molar-refractivity contribution is 7.89. The largest absolute Gasteiger partial charge is 0.392 e. The molecule has 110 valence electrons. The Morgan fingerprint density at radius 1 is 0.952 bits per heavy atom. The third-order valence-electron chi connectivity index (χ3n) is 3.73. The van der Waals surface area contributed by atoms with Crippen LogP contribution in [0.2, 0.25) is 0 Å². The molecule has 1 N–H and O–H groups in total. The van der Waals surface area contributed by atoms with Gasteiger partial charge in [0.05, 0.1) is 11.0 Å². The number of aliphatic hydroxyl groups is 1. The Morgan fingerprint density at radius 3 is 2.14 bits per heavy atom. The van der Waals surface area contributed by atoms with Crippen LogP contribution in [0.4, 0.5) is 0 Å². The van der Waals surface area contributed by atoms with Gasteiger partial charge in [-0.15, -0.1) is 0 Å². The quantitative estimate of drug-likeness (QED) is 0.945. The van der Waals surface area contributed by atoms with Crippen molar-refractivity contribution in [3.8, 4) is 11.1 Å². The first-order chi connectivity index (χ1) is 10.1. The second kappa shape index (κ2) is 5.60. The van der Waals surface area contributed by atoms with Crippen molar-refractivity contribution in [3.63, 3.8) is 0 Å². The molecule has 1 aliphatic heterocycles. The summed E-state index contributed by atoms with van der Waals surface area (Å²) in [4.78, 5) is 0.274. The first-order valence-electron chi connectivity index (χ1n) is 6.91. The van der Waals surface area contributed by atoms with Crippen molar-refractivity contribution >= 4 is 10.0 Å². The maximum absolute atomic E-state index is 12.4. The third-order valence-corrected chi connectivity index (χ3v) is 5.60. The number of sulfonamides is 1. The van der Waals surface area contributed by atoms with Gasteiger partial charge >= 0.3 is 0 Å². The van der Waals surface area contributed by atoms with E-state index in [1.165, 1.54) is 4.31 Å². The summed E-state index contributed by atoms with van der Waals surface area (Å²) >= 11 is 0. The summed E-state index contributed by atoms with van der Waals surface area (Å²) in [6, 6.07) is 16.7. The van der Waals surface area contributed by atoms with E-state index < -0.39 is 16.1 Å². The van der Waals surface area contributed by atoms with Gasteiger partial charge in [-0.3, -0.25) is 0 Å². The lowest BCUT2D eigenvalue weighted by molar-refractivity contribution is 0.189. The molecule has 1 heterocycles. The number of hydrogen-bond donors (Lipinski definition) is 1. The van der Waals surface area contributed by atoms with Crippen LogP contribution in [0.1, 0.15) is 6.42 Å². The first kappa shape index (κ1) is 14.3. The zero-order valence-corrected chi connectivity index (χ0v) is 12.3. The van der Waals surface area contributed by atoms with Gasteiger partial charge in [0.15, 0.2) is 0 Å². The van der Waals surface area contributed by atoms with E-state index in [2.05, 4.69) is 0 Å². The number of rotatable bonds is 3. The van der Waals surface area contributed by atoms with E-state index in [1.54, 1.807) is 12.1 Å². The summed E-state index contributed by atoms with van der Waals surface area (Å²) in [7, 11) is -3.50. The van der Waals surface area contributed by atoms with Gasteiger partial charge in [0.25, 0.3) is 0 Å². The molecule has 1 fully saturated rings. The van der Waals surface area contributed by atoms with Gasteiger partial charge in [-0.05, 0) is 29.7 Å². The zero-order valence-electron chi connectivity index (χ0n) is 11.5. The van der Waals surface area contributed by atoms with E-state index in [4.69, 9.17) is 0 Å². The van der Waals surface area contributed by atoms with E-state index in [0.717, 1.165) is 11.1 Å². The average Bonchev–Trinajstić information content (AvgIpc) is 2.96. The summed E-state index contributed by atoms with van der Waals surface area (Å²) in [6.45, 7) is 0.562. The molecule has 0 aliphatic carbocycles. The maximum atomic E-state index is 12.4. The van der Waals surface area contributed by atoms with Crippen LogP contribution in [0.5, 0.6) is 0 Å². The fourth-order valence-electron chi connectivity index (χ4n) is 2.53. The predicted octanol–water partition coefficient (Wildman–Crippen LogP) is 2.11. The van der Waals surface area contributed by atoms with Crippen molar-refractivity contribution in [1.82, 2.24) is 4.31 Å².